The van der Waals surface area contributed by atoms with Gasteiger partial charge in [0.25, 0.3) is 0 Å². The zero-order valence-corrected chi connectivity index (χ0v) is 7.70. The van der Waals surface area contributed by atoms with Crippen LogP contribution in [-0.2, 0) is 0 Å². The summed E-state index contributed by atoms with van der Waals surface area (Å²) < 4.78 is 13.2. The van der Waals surface area contributed by atoms with Gasteiger partial charge < -0.3 is 10.6 Å². The molecule has 3 nitrogen and oxygen atoms in total. The Hall–Kier alpha value is -1.16. The van der Waals surface area contributed by atoms with Gasteiger partial charge in [0, 0.05) is 25.3 Å². The highest BCUT2D eigenvalue weighted by atomic mass is 19.1. The fourth-order valence-corrected chi connectivity index (χ4v) is 2.28. The highest BCUT2D eigenvalue weighted by molar-refractivity contribution is 5.40. The number of anilines is 1. The van der Waals surface area contributed by atoms with Gasteiger partial charge in [0.15, 0.2) is 11.6 Å². The van der Waals surface area contributed by atoms with Crippen molar-refractivity contribution in [3.63, 3.8) is 0 Å². The molecular formula is C10H12FN3. The summed E-state index contributed by atoms with van der Waals surface area (Å²) in [6.07, 6.45) is 1.61. The molecule has 14 heavy (non-hydrogen) atoms. The van der Waals surface area contributed by atoms with E-state index in [-0.39, 0.29) is 5.82 Å². The van der Waals surface area contributed by atoms with E-state index in [4.69, 9.17) is 0 Å². The van der Waals surface area contributed by atoms with Gasteiger partial charge >= 0.3 is 0 Å². The Morgan fingerprint density at radius 3 is 2.93 bits per heavy atom. The predicted octanol–water partition coefficient (Wildman–Crippen LogP) is 0.850. The number of hydrogen-bond donors (Lipinski definition) is 2. The van der Waals surface area contributed by atoms with Gasteiger partial charge in [0.2, 0.25) is 0 Å². The van der Waals surface area contributed by atoms with E-state index >= 15 is 0 Å². The van der Waals surface area contributed by atoms with Crippen LogP contribution in [0.4, 0.5) is 10.2 Å². The van der Waals surface area contributed by atoms with Crippen LogP contribution in [0.5, 0.6) is 0 Å². The minimum absolute atomic E-state index is 0.259. The van der Waals surface area contributed by atoms with Crippen LogP contribution in [-0.4, -0.2) is 24.1 Å². The summed E-state index contributed by atoms with van der Waals surface area (Å²) in [6.45, 7) is 2.10. The van der Waals surface area contributed by atoms with Gasteiger partial charge in [-0.05, 0) is 24.0 Å². The van der Waals surface area contributed by atoms with Gasteiger partial charge in [-0.15, -0.1) is 0 Å². The molecular weight excluding hydrogens is 181 g/mol. The Balaban J connectivity index is 1.71. The molecule has 1 aromatic heterocycles. The van der Waals surface area contributed by atoms with Crippen molar-refractivity contribution in [2.75, 3.05) is 18.4 Å². The van der Waals surface area contributed by atoms with Crippen molar-refractivity contribution in [2.24, 2.45) is 11.8 Å². The van der Waals surface area contributed by atoms with Crippen LogP contribution in [0.15, 0.2) is 18.3 Å². The smallest absolute Gasteiger partial charge is 0.165 e. The second-order valence-corrected chi connectivity index (χ2v) is 3.99. The first-order valence-corrected chi connectivity index (χ1v) is 4.94. The Bertz CT molecular complexity index is 345. The van der Waals surface area contributed by atoms with Gasteiger partial charge in [0.05, 0.1) is 0 Å². The minimum atomic E-state index is -0.259. The van der Waals surface area contributed by atoms with Crippen LogP contribution < -0.4 is 10.6 Å². The molecule has 0 radical (unpaired) electrons. The number of nitrogens with zero attached hydrogens (tertiary/aromatic N) is 1. The second-order valence-electron chi connectivity index (χ2n) is 3.99. The summed E-state index contributed by atoms with van der Waals surface area (Å²) in [5, 5.41) is 6.46. The molecule has 1 saturated heterocycles. The van der Waals surface area contributed by atoms with Gasteiger partial charge in [-0.3, -0.25) is 0 Å². The fraction of sp³-hybridized carbons (Fsp3) is 0.500. The first-order chi connectivity index (χ1) is 6.86. The zero-order chi connectivity index (χ0) is 9.54. The summed E-state index contributed by atoms with van der Waals surface area (Å²) in [7, 11) is 0. The van der Waals surface area contributed by atoms with Crippen molar-refractivity contribution in [1.82, 2.24) is 10.3 Å². The average molecular weight is 193 g/mol. The fourth-order valence-electron chi connectivity index (χ4n) is 2.28. The number of rotatable bonds is 2. The van der Waals surface area contributed by atoms with Crippen LogP contribution >= 0.6 is 0 Å². The largest absolute Gasteiger partial charge is 0.364 e. The van der Waals surface area contributed by atoms with E-state index in [0.717, 1.165) is 13.1 Å². The van der Waals surface area contributed by atoms with Crippen molar-refractivity contribution in [3.05, 3.63) is 24.1 Å². The van der Waals surface area contributed by atoms with Crippen molar-refractivity contribution in [3.8, 4) is 0 Å². The van der Waals surface area contributed by atoms with Crippen LogP contribution in [0.3, 0.4) is 0 Å². The lowest BCUT2D eigenvalue weighted by Gasteiger charge is -2.08. The maximum absolute atomic E-state index is 13.2. The van der Waals surface area contributed by atoms with Gasteiger partial charge in [-0.25, -0.2) is 9.37 Å². The van der Waals surface area contributed by atoms with E-state index in [1.54, 1.807) is 12.3 Å². The molecule has 1 saturated carbocycles. The summed E-state index contributed by atoms with van der Waals surface area (Å²) >= 11 is 0. The summed E-state index contributed by atoms with van der Waals surface area (Å²) in [6, 6.07) is 3.47. The molecule has 0 aromatic carbocycles. The highest BCUT2D eigenvalue weighted by Crippen LogP contribution is 2.43. The molecule has 74 valence electrons. The number of fused-ring (bicyclic) bond motifs is 1. The lowest BCUT2D eigenvalue weighted by atomic mass is 10.4. The maximum atomic E-state index is 13.2. The van der Waals surface area contributed by atoms with Crippen molar-refractivity contribution < 1.29 is 4.39 Å². The number of hydrogen-bond acceptors (Lipinski definition) is 3. The average Bonchev–Trinajstić information content (AvgIpc) is 2.64. The van der Waals surface area contributed by atoms with E-state index in [1.165, 1.54) is 6.07 Å². The summed E-state index contributed by atoms with van der Waals surface area (Å²) in [4.78, 5) is 3.98. The quantitative estimate of drug-likeness (QED) is 0.731. The van der Waals surface area contributed by atoms with Crippen LogP contribution in [0.25, 0.3) is 0 Å². The molecule has 2 fully saturated rings. The SMILES string of the molecule is Fc1cccnc1NC1C2CNCC21. The minimum Gasteiger partial charge on any atom is -0.364 e. The van der Waals surface area contributed by atoms with Crippen LogP contribution in [0.1, 0.15) is 0 Å². The van der Waals surface area contributed by atoms with Gasteiger partial charge in [0.1, 0.15) is 0 Å². The van der Waals surface area contributed by atoms with E-state index in [9.17, 15) is 4.39 Å². The first kappa shape index (κ1) is 8.17. The third-order valence-corrected chi connectivity index (χ3v) is 3.15. The molecule has 2 aliphatic rings. The monoisotopic (exact) mass is 193 g/mol. The Labute approximate surface area is 81.7 Å². The Kier molecular flexibility index (Phi) is 1.70. The van der Waals surface area contributed by atoms with Crippen molar-refractivity contribution >= 4 is 5.82 Å². The predicted molar refractivity (Wildman–Crippen MR) is 51.5 cm³/mol. The Morgan fingerprint density at radius 1 is 1.43 bits per heavy atom. The van der Waals surface area contributed by atoms with E-state index in [1.807, 2.05) is 0 Å². The highest BCUT2D eigenvalue weighted by Gasteiger charge is 2.53. The second kappa shape index (κ2) is 2.92. The number of aromatic nitrogens is 1. The van der Waals surface area contributed by atoms with Crippen LogP contribution in [0.2, 0.25) is 0 Å². The van der Waals surface area contributed by atoms with E-state index < -0.39 is 0 Å². The number of halogens is 1. The summed E-state index contributed by atoms with van der Waals surface area (Å²) in [5.74, 6) is 1.49. The van der Waals surface area contributed by atoms with E-state index in [0.29, 0.717) is 23.7 Å². The molecule has 0 amide bonds. The third-order valence-electron chi connectivity index (χ3n) is 3.15. The third kappa shape index (κ3) is 1.18. The topological polar surface area (TPSA) is 37.0 Å². The number of pyridine rings is 1. The molecule has 2 atom stereocenters. The van der Waals surface area contributed by atoms with Gasteiger partial charge in [-0.2, -0.15) is 0 Å². The molecule has 0 bridgehead atoms. The molecule has 1 aliphatic carbocycles. The molecule has 4 heteroatoms. The van der Waals surface area contributed by atoms with Crippen molar-refractivity contribution in [1.29, 1.82) is 0 Å². The molecule has 0 spiro atoms. The lowest BCUT2D eigenvalue weighted by Crippen LogP contribution is -2.22. The Morgan fingerprint density at radius 2 is 2.21 bits per heavy atom. The van der Waals surface area contributed by atoms with Gasteiger partial charge in [-0.1, -0.05) is 0 Å². The standard InChI is InChI=1S/C10H12FN3/c11-8-2-1-3-13-10(8)14-9-6-4-12-5-7(6)9/h1-3,6-7,9,12H,4-5H2,(H,13,14). The number of piperidine rings is 1. The molecule has 2 unspecified atom stereocenters. The molecule has 1 aromatic rings. The zero-order valence-electron chi connectivity index (χ0n) is 7.70. The summed E-state index contributed by atoms with van der Waals surface area (Å²) in [5.41, 5.74) is 0. The van der Waals surface area contributed by atoms with Crippen molar-refractivity contribution in [2.45, 2.75) is 6.04 Å². The normalized spacial score (nSPS) is 33.9. The van der Waals surface area contributed by atoms with Crippen LogP contribution in [0, 0.1) is 17.7 Å². The van der Waals surface area contributed by atoms with E-state index in [2.05, 4.69) is 15.6 Å². The molecule has 3 rings (SSSR count). The molecule has 2 heterocycles. The lowest BCUT2D eigenvalue weighted by molar-refractivity contribution is 0.619. The molecule has 2 N–H and O–H groups in total. The number of nitrogens with one attached hydrogen (secondary N) is 2. The maximum Gasteiger partial charge on any atom is 0.165 e. The molecule has 1 aliphatic heterocycles. The first-order valence-electron chi connectivity index (χ1n) is 4.94.